The Bertz CT molecular complexity index is 335. The van der Waals surface area contributed by atoms with Crippen molar-refractivity contribution in [2.24, 2.45) is 5.92 Å². The highest BCUT2D eigenvalue weighted by molar-refractivity contribution is 5.68. The van der Waals surface area contributed by atoms with Gasteiger partial charge >= 0.3 is 11.7 Å². The molecule has 1 aliphatic carbocycles. The minimum Gasteiger partial charge on any atom is -0.480 e. The van der Waals surface area contributed by atoms with Gasteiger partial charge in [-0.1, -0.05) is 18.2 Å². The van der Waals surface area contributed by atoms with E-state index in [-0.39, 0.29) is 0 Å². The van der Waals surface area contributed by atoms with Gasteiger partial charge in [0.2, 0.25) is 0 Å². The van der Waals surface area contributed by atoms with Crippen molar-refractivity contribution in [3.05, 3.63) is 34.4 Å². The first kappa shape index (κ1) is 11.4. The number of hydrogen-bond donors (Lipinski definition) is 1. The lowest BCUT2D eigenvalue weighted by Crippen LogP contribution is -2.46. The van der Waals surface area contributed by atoms with Crippen molar-refractivity contribution >= 4 is 5.97 Å². The van der Waals surface area contributed by atoms with E-state index in [1.807, 2.05) is 0 Å². The predicted molar refractivity (Wildman–Crippen MR) is 50.8 cm³/mol. The smallest absolute Gasteiger partial charge is 0.351 e. The van der Waals surface area contributed by atoms with Crippen LogP contribution < -0.4 is 0 Å². The topological polar surface area (TPSA) is 89.7 Å². The van der Waals surface area contributed by atoms with Gasteiger partial charge in [-0.15, -0.1) is 0 Å². The lowest BCUT2D eigenvalue weighted by Gasteiger charge is -2.26. The average Bonchev–Trinajstić information content (AvgIpc) is 2.16. The molecule has 0 aromatic carbocycles. The van der Waals surface area contributed by atoms with Crippen LogP contribution >= 0.6 is 0 Å². The SMILES string of the molecule is CC1C=CC=CC1(OCC(=O)O)[N+](=O)[O-]. The molecule has 82 valence electrons. The number of allylic oxidation sites excluding steroid dienone is 2. The molecule has 1 rings (SSSR count). The number of ether oxygens (including phenoxy) is 1. The molecule has 0 aliphatic heterocycles. The zero-order valence-electron chi connectivity index (χ0n) is 8.12. The first-order chi connectivity index (χ1) is 6.99. The Morgan fingerprint density at radius 1 is 1.67 bits per heavy atom. The van der Waals surface area contributed by atoms with Gasteiger partial charge < -0.3 is 5.11 Å². The van der Waals surface area contributed by atoms with Crippen molar-refractivity contribution in [3.63, 3.8) is 0 Å². The van der Waals surface area contributed by atoms with Crippen molar-refractivity contribution in [2.75, 3.05) is 6.61 Å². The van der Waals surface area contributed by atoms with E-state index >= 15 is 0 Å². The molecule has 1 N–H and O–H groups in total. The summed E-state index contributed by atoms with van der Waals surface area (Å²) in [6.45, 7) is 0.911. The third-order valence-corrected chi connectivity index (χ3v) is 2.21. The minimum atomic E-state index is -1.76. The summed E-state index contributed by atoms with van der Waals surface area (Å²) in [4.78, 5) is 20.6. The summed E-state index contributed by atoms with van der Waals surface area (Å²) in [6, 6.07) is 0. The highest BCUT2D eigenvalue weighted by Crippen LogP contribution is 2.28. The molecule has 15 heavy (non-hydrogen) atoms. The maximum atomic E-state index is 10.9. The molecule has 6 heteroatoms. The summed E-state index contributed by atoms with van der Waals surface area (Å²) < 4.78 is 4.87. The molecule has 2 atom stereocenters. The number of aliphatic carboxylic acids is 1. The van der Waals surface area contributed by atoms with Crippen LogP contribution in [0.4, 0.5) is 0 Å². The number of hydrogen-bond acceptors (Lipinski definition) is 4. The second-order valence-electron chi connectivity index (χ2n) is 3.22. The van der Waals surface area contributed by atoms with E-state index in [4.69, 9.17) is 9.84 Å². The average molecular weight is 213 g/mol. The van der Waals surface area contributed by atoms with Crippen molar-refractivity contribution in [2.45, 2.75) is 12.6 Å². The number of carboxylic acid groups (broad SMARTS) is 1. The second kappa shape index (κ2) is 4.22. The Morgan fingerprint density at radius 3 is 2.80 bits per heavy atom. The van der Waals surface area contributed by atoms with Crippen LogP contribution in [0.1, 0.15) is 6.92 Å². The largest absolute Gasteiger partial charge is 0.480 e. The molecule has 6 nitrogen and oxygen atoms in total. The monoisotopic (exact) mass is 213 g/mol. The third-order valence-electron chi connectivity index (χ3n) is 2.21. The quantitative estimate of drug-likeness (QED) is 0.424. The Hall–Kier alpha value is -1.69. The zero-order chi connectivity index (χ0) is 11.5. The number of nitrogens with zero attached hydrogens (tertiary/aromatic N) is 1. The molecule has 1 aliphatic rings. The van der Waals surface area contributed by atoms with Gasteiger partial charge in [0.25, 0.3) is 0 Å². The fourth-order valence-corrected chi connectivity index (χ4v) is 1.35. The van der Waals surface area contributed by atoms with Gasteiger partial charge in [-0.05, 0) is 6.92 Å². The van der Waals surface area contributed by atoms with Crippen LogP contribution in [0.25, 0.3) is 0 Å². The maximum Gasteiger partial charge on any atom is 0.351 e. The van der Waals surface area contributed by atoms with Crippen molar-refractivity contribution in [1.29, 1.82) is 0 Å². The minimum absolute atomic E-state index is 0.503. The molecule has 2 unspecified atom stereocenters. The molecule has 0 saturated heterocycles. The van der Waals surface area contributed by atoms with Gasteiger partial charge in [0.15, 0.2) is 6.61 Å². The zero-order valence-corrected chi connectivity index (χ0v) is 8.12. The Morgan fingerprint density at radius 2 is 2.33 bits per heavy atom. The van der Waals surface area contributed by atoms with Crippen molar-refractivity contribution in [3.8, 4) is 0 Å². The summed E-state index contributed by atoms with van der Waals surface area (Å²) in [7, 11) is 0. The third kappa shape index (κ3) is 2.21. The molecule has 0 aromatic heterocycles. The van der Waals surface area contributed by atoms with Gasteiger partial charge in [-0.25, -0.2) is 4.79 Å². The van der Waals surface area contributed by atoms with Crippen LogP contribution in [0.15, 0.2) is 24.3 Å². The molecular weight excluding hydrogens is 202 g/mol. The normalized spacial score (nSPS) is 29.0. The van der Waals surface area contributed by atoms with E-state index in [0.717, 1.165) is 0 Å². The van der Waals surface area contributed by atoms with Gasteiger partial charge in [-0.3, -0.25) is 14.9 Å². The first-order valence-electron chi connectivity index (χ1n) is 4.35. The maximum absolute atomic E-state index is 10.9. The summed E-state index contributed by atoms with van der Waals surface area (Å²) in [5.74, 6) is -1.73. The summed E-state index contributed by atoms with van der Waals surface area (Å²) in [5.41, 5.74) is -1.76. The summed E-state index contributed by atoms with van der Waals surface area (Å²) in [5, 5.41) is 19.3. The highest BCUT2D eigenvalue weighted by Gasteiger charge is 2.47. The molecule has 0 saturated carbocycles. The molecule has 0 aromatic rings. The Kier molecular flexibility index (Phi) is 3.21. The second-order valence-corrected chi connectivity index (χ2v) is 3.22. The molecule has 0 heterocycles. The van der Waals surface area contributed by atoms with E-state index < -0.39 is 29.1 Å². The van der Waals surface area contributed by atoms with Crippen LogP contribution in [0, 0.1) is 16.0 Å². The Balaban J connectivity index is 2.88. The summed E-state index contributed by atoms with van der Waals surface area (Å²) >= 11 is 0. The van der Waals surface area contributed by atoms with E-state index in [2.05, 4.69) is 0 Å². The number of carboxylic acids is 1. The predicted octanol–water partition coefficient (Wildman–Crippen LogP) is 0.823. The van der Waals surface area contributed by atoms with Crippen LogP contribution in [-0.4, -0.2) is 28.3 Å². The van der Waals surface area contributed by atoms with Gasteiger partial charge in [0, 0.05) is 6.08 Å². The van der Waals surface area contributed by atoms with E-state index in [1.54, 1.807) is 19.1 Å². The standard InChI is InChI=1S/C9H11NO5/c1-7-4-2-3-5-9(7,10(13)14)15-6-8(11)12/h2-5,7H,6H2,1H3,(H,11,12). The summed E-state index contributed by atoms with van der Waals surface area (Å²) in [6.07, 6.45) is 6.01. The van der Waals surface area contributed by atoms with Crippen molar-refractivity contribution in [1.82, 2.24) is 0 Å². The molecule has 0 bridgehead atoms. The molecule has 0 spiro atoms. The van der Waals surface area contributed by atoms with Crippen LogP contribution in [0.3, 0.4) is 0 Å². The van der Waals surface area contributed by atoms with Gasteiger partial charge in [-0.2, -0.15) is 0 Å². The number of carbonyl (C=O) groups is 1. The molecule has 0 amide bonds. The number of rotatable bonds is 4. The lowest BCUT2D eigenvalue weighted by atomic mass is 9.93. The van der Waals surface area contributed by atoms with E-state index in [0.29, 0.717) is 0 Å². The van der Waals surface area contributed by atoms with E-state index in [1.165, 1.54) is 12.2 Å². The number of nitro groups is 1. The fraction of sp³-hybridized carbons (Fsp3) is 0.444. The Labute approximate surface area is 86.0 Å². The molecule has 0 fully saturated rings. The van der Waals surface area contributed by atoms with Crippen LogP contribution in [-0.2, 0) is 9.53 Å². The molecule has 0 radical (unpaired) electrons. The van der Waals surface area contributed by atoms with Crippen LogP contribution in [0.5, 0.6) is 0 Å². The lowest BCUT2D eigenvalue weighted by molar-refractivity contribution is -0.620. The van der Waals surface area contributed by atoms with E-state index in [9.17, 15) is 14.9 Å². The molecular formula is C9H11NO5. The van der Waals surface area contributed by atoms with Crippen LogP contribution in [0.2, 0.25) is 0 Å². The van der Waals surface area contributed by atoms with Gasteiger partial charge in [0.1, 0.15) is 0 Å². The first-order valence-corrected chi connectivity index (χ1v) is 4.35. The van der Waals surface area contributed by atoms with Gasteiger partial charge in [0.05, 0.1) is 10.8 Å². The van der Waals surface area contributed by atoms with Crippen molar-refractivity contribution < 1.29 is 19.6 Å². The fourth-order valence-electron chi connectivity index (χ4n) is 1.35. The highest BCUT2D eigenvalue weighted by atomic mass is 16.7.